The van der Waals surface area contributed by atoms with Crippen molar-refractivity contribution in [1.29, 1.82) is 0 Å². The van der Waals surface area contributed by atoms with Crippen LogP contribution < -0.4 is 15.4 Å². The molecule has 1 saturated heterocycles. The van der Waals surface area contributed by atoms with Crippen molar-refractivity contribution < 1.29 is 4.74 Å². The normalized spacial score (nSPS) is 18.8. The Hall–Kier alpha value is -2.08. The second-order valence-electron chi connectivity index (χ2n) is 5.43. The van der Waals surface area contributed by atoms with Gasteiger partial charge in [-0.05, 0) is 25.0 Å². The lowest BCUT2D eigenvalue weighted by Crippen LogP contribution is -2.42. The van der Waals surface area contributed by atoms with E-state index in [1.165, 1.54) is 12.0 Å². The maximum Gasteiger partial charge on any atom is 0.164 e. The maximum atomic E-state index is 6.05. The van der Waals surface area contributed by atoms with Crippen LogP contribution in [0.15, 0.2) is 30.6 Å². The average molecular weight is 287 g/mol. The van der Waals surface area contributed by atoms with Gasteiger partial charge >= 0.3 is 0 Å². The number of anilines is 1. The van der Waals surface area contributed by atoms with Gasteiger partial charge in [0, 0.05) is 37.9 Å². The predicted molar refractivity (Wildman–Crippen MR) is 81.2 cm³/mol. The molecule has 0 bridgehead atoms. The molecule has 112 valence electrons. The van der Waals surface area contributed by atoms with Crippen molar-refractivity contribution in [2.45, 2.75) is 25.5 Å². The Morgan fingerprint density at radius 2 is 2.33 bits per heavy atom. The Kier molecular flexibility index (Phi) is 4.06. The summed E-state index contributed by atoms with van der Waals surface area (Å²) in [4.78, 5) is 6.48. The summed E-state index contributed by atoms with van der Waals surface area (Å²) in [6.07, 6.45) is 3.79. The van der Waals surface area contributed by atoms with E-state index < -0.39 is 0 Å². The molecule has 0 amide bonds. The van der Waals surface area contributed by atoms with Crippen LogP contribution in [-0.4, -0.2) is 33.9 Å². The van der Waals surface area contributed by atoms with E-state index in [-0.39, 0.29) is 6.04 Å². The molecule has 0 spiro atoms. The van der Waals surface area contributed by atoms with Gasteiger partial charge in [-0.25, -0.2) is 4.98 Å². The molecule has 1 fully saturated rings. The third-order valence-electron chi connectivity index (χ3n) is 3.81. The lowest BCUT2D eigenvalue weighted by atomic mass is 10.1. The fourth-order valence-corrected chi connectivity index (χ4v) is 2.61. The molecule has 1 aliphatic rings. The Morgan fingerprint density at radius 3 is 3.10 bits per heavy atom. The minimum absolute atomic E-state index is 0.266. The number of ether oxygens (including phenoxy) is 1. The van der Waals surface area contributed by atoms with Crippen LogP contribution in [0.1, 0.15) is 18.7 Å². The summed E-state index contributed by atoms with van der Waals surface area (Å²) in [7, 11) is 1.86. The number of aryl methyl sites for hydroxylation is 1. The van der Waals surface area contributed by atoms with Crippen LogP contribution in [-0.2, 0) is 13.7 Å². The number of hydrogen-bond donors (Lipinski definition) is 1. The molecule has 6 heteroatoms. The number of piperidine rings is 1. The van der Waals surface area contributed by atoms with Gasteiger partial charge in [0.2, 0.25) is 0 Å². The topological polar surface area (TPSA) is 69.2 Å². The molecule has 1 aliphatic heterocycles. The van der Waals surface area contributed by atoms with Gasteiger partial charge in [0.05, 0.1) is 0 Å². The quantitative estimate of drug-likeness (QED) is 0.918. The van der Waals surface area contributed by atoms with Gasteiger partial charge in [-0.3, -0.25) is 4.68 Å². The van der Waals surface area contributed by atoms with Crippen molar-refractivity contribution in [3.63, 3.8) is 0 Å². The maximum absolute atomic E-state index is 6.05. The highest BCUT2D eigenvalue weighted by Gasteiger charge is 2.17. The van der Waals surface area contributed by atoms with Gasteiger partial charge in [-0.15, -0.1) is 0 Å². The van der Waals surface area contributed by atoms with Gasteiger partial charge in [0.15, 0.2) is 5.82 Å². The predicted octanol–water partition coefficient (Wildman–Crippen LogP) is 1.32. The fourth-order valence-electron chi connectivity index (χ4n) is 2.61. The number of hydrogen-bond acceptors (Lipinski definition) is 5. The number of benzene rings is 1. The van der Waals surface area contributed by atoms with Gasteiger partial charge < -0.3 is 15.4 Å². The lowest BCUT2D eigenvalue weighted by molar-refractivity contribution is 0.290. The zero-order valence-corrected chi connectivity index (χ0v) is 12.3. The number of nitrogens with two attached hydrogens (primary N) is 1. The zero-order valence-electron chi connectivity index (χ0n) is 12.3. The van der Waals surface area contributed by atoms with Crippen LogP contribution in [0.25, 0.3) is 0 Å². The SMILES string of the molecule is Cn1ncnc1COc1cccc(N2CCCC(N)C2)c1. The lowest BCUT2D eigenvalue weighted by Gasteiger charge is -2.32. The highest BCUT2D eigenvalue weighted by atomic mass is 16.5. The van der Waals surface area contributed by atoms with Crippen molar-refractivity contribution in [2.75, 3.05) is 18.0 Å². The summed E-state index contributed by atoms with van der Waals surface area (Å²) in [5.41, 5.74) is 7.22. The molecule has 2 aromatic rings. The summed E-state index contributed by atoms with van der Waals surface area (Å²) in [6, 6.07) is 8.41. The van der Waals surface area contributed by atoms with Crippen LogP contribution in [0.4, 0.5) is 5.69 Å². The summed E-state index contributed by atoms with van der Waals surface area (Å²) >= 11 is 0. The molecule has 0 aliphatic carbocycles. The van der Waals surface area contributed by atoms with E-state index in [9.17, 15) is 0 Å². The summed E-state index contributed by atoms with van der Waals surface area (Å²) in [6.45, 7) is 2.38. The van der Waals surface area contributed by atoms with E-state index in [0.717, 1.165) is 37.5 Å². The third kappa shape index (κ3) is 3.33. The Morgan fingerprint density at radius 1 is 1.43 bits per heavy atom. The first-order valence-corrected chi connectivity index (χ1v) is 7.28. The van der Waals surface area contributed by atoms with E-state index in [4.69, 9.17) is 10.5 Å². The standard InChI is InChI=1S/C15H21N5O/c1-19-15(17-11-18-19)10-21-14-6-2-5-13(8-14)20-7-3-4-12(16)9-20/h2,5-6,8,11-12H,3-4,7,9-10,16H2,1H3. The Balaban J connectivity index is 1.67. The second-order valence-corrected chi connectivity index (χ2v) is 5.43. The summed E-state index contributed by atoms with van der Waals surface area (Å²) in [5, 5.41) is 4.03. The van der Waals surface area contributed by atoms with E-state index in [2.05, 4.69) is 27.1 Å². The summed E-state index contributed by atoms with van der Waals surface area (Å²) in [5.74, 6) is 1.65. The average Bonchev–Trinajstić information content (AvgIpc) is 2.91. The van der Waals surface area contributed by atoms with E-state index >= 15 is 0 Å². The van der Waals surface area contributed by atoms with Crippen LogP contribution in [0.5, 0.6) is 5.75 Å². The van der Waals surface area contributed by atoms with Crippen molar-refractivity contribution in [3.05, 3.63) is 36.4 Å². The van der Waals surface area contributed by atoms with Crippen molar-refractivity contribution in [2.24, 2.45) is 12.8 Å². The molecule has 1 aromatic heterocycles. The van der Waals surface area contributed by atoms with Gasteiger partial charge in [-0.2, -0.15) is 5.10 Å². The van der Waals surface area contributed by atoms with Crippen LogP contribution >= 0.6 is 0 Å². The molecule has 6 nitrogen and oxygen atoms in total. The van der Waals surface area contributed by atoms with Gasteiger partial charge in [0.25, 0.3) is 0 Å². The van der Waals surface area contributed by atoms with Crippen molar-refractivity contribution >= 4 is 5.69 Å². The molecular formula is C15H21N5O. The largest absolute Gasteiger partial charge is 0.486 e. The second kappa shape index (κ2) is 6.13. The molecule has 1 unspecified atom stereocenters. The molecule has 1 atom stereocenters. The highest BCUT2D eigenvalue weighted by Crippen LogP contribution is 2.24. The van der Waals surface area contributed by atoms with E-state index in [1.54, 1.807) is 4.68 Å². The molecule has 3 rings (SSSR count). The van der Waals surface area contributed by atoms with Gasteiger partial charge in [-0.1, -0.05) is 6.07 Å². The molecule has 0 saturated carbocycles. The van der Waals surface area contributed by atoms with E-state index in [0.29, 0.717) is 6.61 Å². The first kappa shape index (κ1) is 13.9. The van der Waals surface area contributed by atoms with Crippen LogP contribution in [0.2, 0.25) is 0 Å². The minimum Gasteiger partial charge on any atom is -0.486 e. The van der Waals surface area contributed by atoms with Crippen molar-refractivity contribution in [3.8, 4) is 5.75 Å². The summed E-state index contributed by atoms with van der Waals surface area (Å²) < 4.78 is 7.52. The van der Waals surface area contributed by atoms with Crippen LogP contribution in [0, 0.1) is 0 Å². The fraction of sp³-hybridized carbons (Fsp3) is 0.467. The molecular weight excluding hydrogens is 266 g/mol. The van der Waals surface area contributed by atoms with Gasteiger partial charge in [0.1, 0.15) is 18.7 Å². The molecule has 21 heavy (non-hydrogen) atoms. The number of rotatable bonds is 4. The third-order valence-corrected chi connectivity index (χ3v) is 3.81. The number of nitrogens with zero attached hydrogens (tertiary/aromatic N) is 4. The van der Waals surface area contributed by atoms with Crippen LogP contribution in [0.3, 0.4) is 0 Å². The Labute approximate surface area is 124 Å². The number of aromatic nitrogens is 3. The smallest absolute Gasteiger partial charge is 0.164 e. The first-order valence-electron chi connectivity index (χ1n) is 7.28. The monoisotopic (exact) mass is 287 g/mol. The molecule has 0 radical (unpaired) electrons. The zero-order chi connectivity index (χ0) is 14.7. The van der Waals surface area contributed by atoms with Crippen molar-refractivity contribution in [1.82, 2.24) is 14.8 Å². The molecule has 2 heterocycles. The molecule has 1 aromatic carbocycles. The Bertz CT molecular complexity index is 597. The first-order chi connectivity index (χ1) is 10.2. The van der Waals surface area contributed by atoms with E-state index in [1.807, 2.05) is 19.2 Å². The molecule has 2 N–H and O–H groups in total. The highest BCUT2D eigenvalue weighted by molar-refractivity contribution is 5.51. The minimum atomic E-state index is 0.266.